The predicted molar refractivity (Wildman–Crippen MR) is 139 cm³/mol. The van der Waals surface area contributed by atoms with E-state index in [-0.39, 0.29) is 23.4 Å². The van der Waals surface area contributed by atoms with Crippen LogP contribution in [0.2, 0.25) is 0 Å². The monoisotopic (exact) mass is 492 g/mol. The highest BCUT2D eigenvalue weighted by molar-refractivity contribution is 6.24. The maximum atomic E-state index is 14.1. The third-order valence-electron chi connectivity index (χ3n) is 6.02. The van der Waals surface area contributed by atoms with Gasteiger partial charge >= 0.3 is 0 Å². The van der Waals surface area contributed by atoms with Crippen LogP contribution in [0.15, 0.2) is 60.9 Å². The van der Waals surface area contributed by atoms with Gasteiger partial charge in [0.25, 0.3) is 5.92 Å². The molecule has 1 aromatic heterocycles. The molecule has 0 spiro atoms. The fourth-order valence-electron chi connectivity index (χ4n) is 3.96. The van der Waals surface area contributed by atoms with Crippen LogP contribution in [-0.4, -0.2) is 22.5 Å². The van der Waals surface area contributed by atoms with E-state index in [1.165, 1.54) is 38.1 Å². The molecular formula is C28H30F2N4O2. The summed E-state index contributed by atoms with van der Waals surface area (Å²) in [6, 6.07) is 12.8. The Morgan fingerprint density at radius 2 is 1.67 bits per heavy atom. The molecule has 0 bridgehead atoms. The molecule has 6 nitrogen and oxygen atoms in total. The quantitative estimate of drug-likeness (QED) is 0.240. The van der Waals surface area contributed by atoms with E-state index in [2.05, 4.69) is 15.6 Å². The lowest BCUT2D eigenvalue weighted by molar-refractivity contribution is -0.126. The lowest BCUT2D eigenvalue weighted by Gasteiger charge is -2.19. The van der Waals surface area contributed by atoms with Gasteiger partial charge in [-0.3, -0.25) is 14.6 Å². The summed E-state index contributed by atoms with van der Waals surface area (Å²) in [6.07, 6.45) is 3.88. The fraction of sp³-hybridized carbons (Fsp3) is 0.286. The smallest absolute Gasteiger partial charge is 0.273 e. The first-order chi connectivity index (χ1) is 17.1. The summed E-state index contributed by atoms with van der Waals surface area (Å²) in [5.74, 6) is -5.92. The summed E-state index contributed by atoms with van der Waals surface area (Å²) in [6.45, 7) is 6.73. The number of anilines is 2. The van der Waals surface area contributed by atoms with Gasteiger partial charge in [0.05, 0.1) is 0 Å². The first-order valence-electron chi connectivity index (χ1n) is 11.8. The number of pyridine rings is 1. The highest BCUT2D eigenvalue weighted by atomic mass is 19.3. The molecule has 2 amide bonds. The molecule has 3 aromatic rings. The average molecular weight is 493 g/mol. The van der Waals surface area contributed by atoms with Gasteiger partial charge in [-0.25, -0.2) is 8.78 Å². The molecule has 0 saturated carbocycles. The van der Waals surface area contributed by atoms with Gasteiger partial charge in [-0.2, -0.15) is 0 Å². The number of aryl methyl sites for hydroxylation is 2. The summed E-state index contributed by atoms with van der Waals surface area (Å²) in [5, 5.41) is 13.3. The molecule has 2 aromatic carbocycles. The molecule has 0 aliphatic carbocycles. The van der Waals surface area contributed by atoms with Crippen molar-refractivity contribution in [1.82, 2.24) is 4.98 Å². The molecule has 8 heteroatoms. The number of hydrogen-bond donors (Lipinski definition) is 3. The second kappa shape index (κ2) is 11.2. The van der Waals surface area contributed by atoms with Gasteiger partial charge in [-0.1, -0.05) is 32.0 Å². The van der Waals surface area contributed by atoms with Crippen molar-refractivity contribution in [2.24, 2.45) is 5.92 Å². The highest BCUT2D eigenvalue weighted by Crippen LogP contribution is 2.33. The zero-order valence-corrected chi connectivity index (χ0v) is 20.8. The SMILES string of the molecule is CCc1ccc(NC(=O)C(C(C)=N)C(=O)Nc2cccc(C(F)(F)CC)c2)cc1-c1ccncc1C. The zero-order valence-electron chi connectivity index (χ0n) is 20.8. The standard InChI is InChI=1S/C28H30F2N4O2/c1-5-19-10-11-22(15-24(19)23-12-13-32-16-17(23)3)34-27(36)25(18(4)31)26(35)33-21-9-7-8-20(14-21)28(29,30)6-2/h7-16,25,31H,5-6H2,1-4H3,(H,33,35)(H,34,36). The largest absolute Gasteiger partial charge is 0.325 e. The van der Waals surface area contributed by atoms with E-state index in [0.717, 1.165) is 28.7 Å². The third-order valence-corrected chi connectivity index (χ3v) is 6.02. The summed E-state index contributed by atoms with van der Waals surface area (Å²) < 4.78 is 28.2. The topological polar surface area (TPSA) is 94.9 Å². The number of halogens is 2. The molecule has 36 heavy (non-hydrogen) atoms. The normalized spacial score (nSPS) is 12.1. The number of nitrogens with one attached hydrogen (secondary N) is 3. The Hall–Kier alpha value is -3.94. The number of benzene rings is 2. The Kier molecular flexibility index (Phi) is 8.29. The van der Waals surface area contributed by atoms with Crippen molar-refractivity contribution in [3.63, 3.8) is 0 Å². The molecule has 0 aliphatic rings. The van der Waals surface area contributed by atoms with Gasteiger partial charge in [0.1, 0.15) is 0 Å². The lowest BCUT2D eigenvalue weighted by Crippen LogP contribution is -2.38. The average Bonchev–Trinajstić information content (AvgIpc) is 2.84. The van der Waals surface area contributed by atoms with Crippen LogP contribution in [0.25, 0.3) is 11.1 Å². The van der Waals surface area contributed by atoms with Gasteiger partial charge in [0.2, 0.25) is 11.8 Å². The lowest BCUT2D eigenvalue weighted by atomic mass is 9.95. The number of amides is 2. The van der Waals surface area contributed by atoms with Crippen LogP contribution in [0, 0.1) is 18.3 Å². The number of alkyl halides is 2. The Morgan fingerprint density at radius 1 is 1.00 bits per heavy atom. The summed E-state index contributed by atoms with van der Waals surface area (Å²) in [5.41, 5.74) is 4.21. The molecule has 0 saturated heterocycles. The van der Waals surface area contributed by atoms with E-state index in [1.807, 2.05) is 32.0 Å². The van der Waals surface area contributed by atoms with Crippen molar-refractivity contribution in [3.05, 3.63) is 77.6 Å². The van der Waals surface area contributed by atoms with E-state index in [9.17, 15) is 18.4 Å². The van der Waals surface area contributed by atoms with Gasteiger partial charge < -0.3 is 16.0 Å². The van der Waals surface area contributed by atoms with Crippen molar-refractivity contribution in [2.75, 3.05) is 10.6 Å². The van der Waals surface area contributed by atoms with Crippen LogP contribution >= 0.6 is 0 Å². The van der Waals surface area contributed by atoms with Gasteiger partial charge in [-0.15, -0.1) is 0 Å². The van der Waals surface area contributed by atoms with Crippen LogP contribution in [-0.2, 0) is 21.9 Å². The van der Waals surface area contributed by atoms with E-state index in [4.69, 9.17) is 5.41 Å². The predicted octanol–water partition coefficient (Wildman–Crippen LogP) is 6.35. The van der Waals surface area contributed by atoms with Crippen LogP contribution < -0.4 is 10.6 Å². The zero-order chi connectivity index (χ0) is 26.5. The van der Waals surface area contributed by atoms with E-state index in [1.54, 1.807) is 18.5 Å². The molecule has 0 radical (unpaired) electrons. The maximum Gasteiger partial charge on any atom is 0.273 e. The first-order valence-corrected chi connectivity index (χ1v) is 11.8. The molecule has 188 valence electrons. The van der Waals surface area contributed by atoms with Crippen LogP contribution in [0.5, 0.6) is 0 Å². The Morgan fingerprint density at radius 3 is 2.25 bits per heavy atom. The second-order valence-electron chi connectivity index (χ2n) is 8.65. The Bertz CT molecular complexity index is 1290. The number of rotatable bonds is 9. The van der Waals surface area contributed by atoms with Crippen LogP contribution in [0.4, 0.5) is 20.2 Å². The maximum absolute atomic E-state index is 14.1. The number of carbonyl (C=O) groups is 2. The number of aromatic nitrogens is 1. The van der Waals surface area contributed by atoms with Crippen molar-refractivity contribution in [2.45, 2.75) is 46.5 Å². The number of carbonyl (C=O) groups excluding carboxylic acids is 2. The Balaban J connectivity index is 1.84. The number of hydrogen-bond acceptors (Lipinski definition) is 4. The fourth-order valence-corrected chi connectivity index (χ4v) is 3.96. The minimum atomic E-state index is -3.04. The van der Waals surface area contributed by atoms with Gasteiger partial charge in [-0.05, 0) is 72.9 Å². The third kappa shape index (κ3) is 6.00. The molecule has 1 atom stereocenters. The molecule has 1 unspecified atom stereocenters. The molecule has 3 rings (SSSR count). The minimum Gasteiger partial charge on any atom is -0.325 e. The minimum absolute atomic E-state index is 0.132. The molecule has 3 N–H and O–H groups in total. The Labute approximate surface area is 209 Å². The second-order valence-corrected chi connectivity index (χ2v) is 8.65. The van der Waals surface area contributed by atoms with E-state index >= 15 is 0 Å². The van der Waals surface area contributed by atoms with Crippen molar-refractivity contribution in [3.8, 4) is 11.1 Å². The van der Waals surface area contributed by atoms with E-state index < -0.39 is 23.7 Å². The van der Waals surface area contributed by atoms with Crippen molar-refractivity contribution < 1.29 is 18.4 Å². The van der Waals surface area contributed by atoms with Crippen molar-refractivity contribution >= 4 is 28.9 Å². The summed E-state index contributed by atoms with van der Waals surface area (Å²) in [4.78, 5) is 30.2. The van der Waals surface area contributed by atoms with Gasteiger partial charge in [0.15, 0.2) is 5.92 Å². The molecule has 0 aliphatic heterocycles. The highest BCUT2D eigenvalue weighted by Gasteiger charge is 2.31. The molecular weight excluding hydrogens is 462 g/mol. The molecule has 1 heterocycles. The van der Waals surface area contributed by atoms with Crippen LogP contribution in [0.3, 0.4) is 0 Å². The van der Waals surface area contributed by atoms with Gasteiger partial charge in [0, 0.05) is 41.5 Å². The summed E-state index contributed by atoms with van der Waals surface area (Å²) >= 11 is 0. The first kappa shape index (κ1) is 26.7. The number of nitrogens with zero attached hydrogens (tertiary/aromatic N) is 1. The van der Waals surface area contributed by atoms with E-state index in [0.29, 0.717) is 5.69 Å². The molecule has 0 fully saturated rings. The van der Waals surface area contributed by atoms with Crippen molar-refractivity contribution in [1.29, 1.82) is 5.41 Å². The van der Waals surface area contributed by atoms with Crippen LogP contribution in [0.1, 0.15) is 43.9 Å². The summed E-state index contributed by atoms with van der Waals surface area (Å²) in [7, 11) is 0.